The van der Waals surface area contributed by atoms with Gasteiger partial charge in [-0.05, 0) is 18.2 Å². The number of alkyl halides is 6. The van der Waals surface area contributed by atoms with Crippen LogP contribution in [0, 0.1) is 0 Å². The summed E-state index contributed by atoms with van der Waals surface area (Å²) in [6, 6.07) is 2.15. The van der Waals surface area contributed by atoms with Gasteiger partial charge >= 0.3 is 18.0 Å². The second-order valence-corrected chi connectivity index (χ2v) is 5.47. The number of carbonyl (C=O) groups excluding carboxylic acids is 1. The molecule has 0 radical (unpaired) electrons. The molecule has 6 nitrogen and oxygen atoms in total. The zero-order valence-corrected chi connectivity index (χ0v) is 13.5. The molecule has 13 heteroatoms. The first-order valence-electron chi connectivity index (χ1n) is 6.68. The van der Waals surface area contributed by atoms with Gasteiger partial charge in [-0.25, -0.2) is 9.48 Å². The number of rotatable bonds is 3. The molecule has 142 valence electrons. The predicted molar refractivity (Wildman–Crippen MR) is 77.6 cm³/mol. The monoisotopic (exact) mass is 402 g/mol. The van der Waals surface area contributed by atoms with Crippen LogP contribution in [0.4, 0.5) is 32.0 Å². The Hall–Kier alpha value is -2.50. The molecule has 0 unspecified atom stereocenters. The third kappa shape index (κ3) is 4.18. The highest BCUT2D eigenvalue weighted by Crippen LogP contribution is 2.33. The van der Waals surface area contributed by atoms with E-state index in [2.05, 4.69) is 5.10 Å². The molecule has 0 fully saturated rings. The highest BCUT2D eigenvalue weighted by Gasteiger charge is 2.38. The molecule has 2 rings (SSSR count). The normalized spacial score (nSPS) is 12.3. The van der Waals surface area contributed by atoms with E-state index < -0.39 is 47.6 Å². The summed E-state index contributed by atoms with van der Waals surface area (Å²) in [7, 11) is 0.816. The molecule has 0 saturated heterocycles. The van der Waals surface area contributed by atoms with Crippen molar-refractivity contribution in [1.29, 1.82) is 0 Å². The summed E-state index contributed by atoms with van der Waals surface area (Å²) in [5.41, 5.74) is -2.72. The lowest BCUT2D eigenvalue weighted by molar-refractivity contribution is -0.147. The first-order valence-corrected chi connectivity index (χ1v) is 7.06. The number of carbonyl (C=O) groups is 1. The van der Waals surface area contributed by atoms with Crippen molar-refractivity contribution in [2.45, 2.75) is 18.9 Å². The molecule has 26 heavy (non-hydrogen) atoms. The van der Waals surface area contributed by atoms with Crippen LogP contribution in [-0.2, 0) is 30.7 Å². The molecule has 0 spiro atoms. The van der Waals surface area contributed by atoms with Crippen molar-refractivity contribution >= 4 is 23.2 Å². The number of aromatic nitrogens is 3. The molecular weight excluding hydrogens is 394 g/mol. The number of hydrogen-bond acceptors (Lipinski definition) is 3. The van der Waals surface area contributed by atoms with E-state index in [0.29, 0.717) is 12.1 Å². The number of nitrogens with one attached hydrogen (secondary N) is 1. The van der Waals surface area contributed by atoms with Crippen LogP contribution in [0.3, 0.4) is 0 Å². The van der Waals surface area contributed by atoms with Crippen LogP contribution >= 0.6 is 11.6 Å². The minimum absolute atomic E-state index is 0.199. The SMILES string of the molecule is Cn1c(C(F)(F)F)nn(CC(=O)Nc2cc(C(F)(F)F)ccc2Cl)c1=O. The fraction of sp³-hybridized carbons (Fsp3) is 0.308. The molecule has 0 atom stereocenters. The van der Waals surface area contributed by atoms with Crippen molar-refractivity contribution in [3.63, 3.8) is 0 Å². The topological polar surface area (TPSA) is 68.9 Å². The van der Waals surface area contributed by atoms with E-state index in [-0.39, 0.29) is 14.3 Å². The highest BCUT2D eigenvalue weighted by atomic mass is 35.5. The van der Waals surface area contributed by atoms with Gasteiger partial charge in [0.05, 0.1) is 16.3 Å². The van der Waals surface area contributed by atoms with Gasteiger partial charge in [-0.15, -0.1) is 5.10 Å². The maximum absolute atomic E-state index is 12.7. The molecule has 0 aliphatic rings. The molecule has 1 aromatic heterocycles. The van der Waals surface area contributed by atoms with Crippen LogP contribution in [0.1, 0.15) is 11.4 Å². The van der Waals surface area contributed by atoms with Gasteiger partial charge in [-0.1, -0.05) is 11.6 Å². The smallest absolute Gasteiger partial charge is 0.323 e. The molecule has 1 heterocycles. The second-order valence-electron chi connectivity index (χ2n) is 5.06. The number of hydrogen-bond donors (Lipinski definition) is 1. The summed E-state index contributed by atoms with van der Waals surface area (Å²) >= 11 is 5.69. The quantitative estimate of drug-likeness (QED) is 0.803. The third-order valence-electron chi connectivity index (χ3n) is 3.16. The lowest BCUT2D eigenvalue weighted by Crippen LogP contribution is -2.29. The van der Waals surface area contributed by atoms with E-state index >= 15 is 0 Å². The van der Waals surface area contributed by atoms with Crippen molar-refractivity contribution in [3.8, 4) is 0 Å². The Morgan fingerprint density at radius 1 is 1.19 bits per heavy atom. The highest BCUT2D eigenvalue weighted by molar-refractivity contribution is 6.33. The van der Waals surface area contributed by atoms with Crippen LogP contribution in [0.25, 0.3) is 0 Å². The summed E-state index contributed by atoms with van der Waals surface area (Å²) in [5, 5.41) is 4.79. The third-order valence-corrected chi connectivity index (χ3v) is 3.49. The summed E-state index contributed by atoms with van der Waals surface area (Å²) in [4.78, 5) is 23.6. The van der Waals surface area contributed by atoms with Gasteiger partial charge in [0.1, 0.15) is 6.54 Å². The van der Waals surface area contributed by atoms with E-state index in [4.69, 9.17) is 11.6 Å². The average molecular weight is 403 g/mol. The van der Waals surface area contributed by atoms with Crippen LogP contribution in [-0.4, -0.2) is 20.3 Å². The summed E-state index contributed by atoms with van der Waals surface area (Å²) in [6.07, 6.45) is -9.61. The Kier molecular flexibility index (Phi) is 5.08. The summed E-state index contributed by atoms with van der Waals surface area (Å²) < 4.78 is 76.5. The Labute approximate surface area is 146 Å². The van der Waals surface area contributed by atoms with Gasteiger partial charge in [0.25, 0.3) is 0 Å². The predicted octanol–water partition coefficient (Wildman–Crippen LogP) is 2.91. The maximum atomic E-state index is 12.7. The Morgan fingerprint density at radius 3 is 2.31 bits per heavy atom. The number of halogens is 7. The standard InChI is InChI=1S/C13H9ClF6N4O2/c1-23-10(13(18,19)20)22-24(11(23)26)5-9(25)21-8-4-6(12(15,16)17)2-3-7(8)14/h2-4H,5H2,1H3,(H,21,25). The van der Waals surface area contributed by atoms with Gasteiger partial charge in [-0.3, -0.25) is 9.36 Å². The van der Waals surface area contributed by atoms with Crippen molar-refractivity contribution in [3.05, 3.63) is 45.1 Å². The molecule has 1 amide bonds. The van der Waals surface area contributed by atoms with Crippen LogP contribution in [0.5, 0.6) is 0 Å². The van der Waals surface area contributed by atoms with Crippen LogP contribution in [0.15, 0.2) is 23.0 Å². The first-order chi connectivity index (χ1) is 11.8. The minimum atomic E-state index is -4.92. The van der Waals surface area contributed by atoms with Crippen molar-refractivity contribution in [1.82, 2.24) is 14.3 Å². The number of amides is 1. The Bertz CT molecular complexity index is 900. The lowest BCUT2D eigenvalue weighted by atomic mass is 10.2. The minimum Gasteiger partial charge on any atom is -0.323 e. The zero-order chi connectivity index (χ0) is 19.9. The zero-order valence-electron chi connectivity index (χ0n) is 12.7. The molecule has 0 aliphatic carbocycles. The number of nitrogens with zero attached hydrogens (tertiary/aromatic N) is 3. The number of anilines is 1. The van der Waals surface area contributed by atoms with E-state index in [1.807, 2.05) is 5.32 Å². The Morgan fingerprint density at radius 2 is 1.81 bits per heavy atom. The first kappa shape index (κ1) is 19.8. The fourth-order valence-electron chi connectivity index (χ4n) is 1.96. The molecule has 1 aromatic carbocycles. The largest absolute Gasteiger partial charge is 0.451 e. The van der Waals surface area contributed by atoms with E-state index in [1.165, 1.54) is 0 Å². The van der Waals surface area contributed by atoms with Gasteiger partial charge in [0.2, 0.25) is 11.7 Å². The summed E-state index contributed by atoms with van der Waals surface area (Å²) in [5.74, 6) is -2.60. The maximum Gasteiger partial charge on any atom is 0.451 e. The summed E-state index contributed by atoms with van der Waals surface area (Å²) in [6.45, 7) is -0.949. The van der Waals surface area contributed by atoms with E-state index in [0.717, 1.165) is 13.1 Å². The van der Waals surface area contributed by atoms with E-state index in [9.17, 15) is 35.9 Å². The van der Waals surface area contributed by atoms with E-state index in [1.54, 1.807) is 0 Å². The van der Waals surface area contributed by atoms with Gasteiger partial charge in [0, 0.05) is 7.05 Å². The molecule has 0 bridgehead atoms. The molecule has 0 saturated carbocycles. The van der Waals surface area contributed by atoms with Crippen molar-refractivity contribution in [2.24, 2.45) is 7.05 Å². The van der Waals surface area contributed by atoms with Crippen LogP contribution < -0.4 is 11.0 Å². The van der Waals surface area contributed by atoms with Crippen LogP contribution in [0.2, 0.25) is 5.02 Å². The van der Waals surface area contributed by atoms with Gasteiger partial charge in [-0.2, -0.15) is 26.3 Å². The molecule has 2 aromatic rings. The van der Waals surface area contributed by atoms with Gasteiger partial charge < -0.3 is 5.32 Å². The lowest BCUT2D eigenvalue weighted by Gasteiger charge is -2.11. The average Bonchev–Trinajstić information content (AvgIpc) is 2.76. The van der Waals surface area contributed by atoms with Crippen molar-refractivity contribution in [2.75, 3.05) is 5.32 Å². The van der Waals surface area contributed by atoms with Gasteiger partial charge in [0.15, 0.2) is 0 Å². The Balaban J connectivity index is 2.24. The molecule has 0 aliphatic heterocycles. The van der Waals surface area contributed by atoms with Crippen molar-refractivity contribution < 1.29 is 31.1 Å². The molecule has 1 N–H and O–H groups in total. The second kappa shape index (κ2) is 6.67. The fourth-order valence-corrected chi connectivity index (χ4v) is 2.13. The number of benzene rings is 1. The molecular formula is C13H9ClF6N4O2.